The third-order valence-corrected chi connectivity index (χ3v) is 2.46. The van der Waals surface area contributed by atoms with Gasteiger partial charge in [0.05, 0.1) is 6.54 Å². The summed E-state index contributed by atoms with van der Waals surface area (Å²) in [5.74, 6) is -3.31. The van der Waals surface area contributed by atoms with Crippen molar-refractivity contribution in [2.24, 2.45) is 22.2 Å². The van der Waals surface area contributed by atoms with E-state index in [1.807, 2.05) is 24.3 Å². The number of benzene rings is 1. The molecule has 106 valence electrons. The van der Waals surface area contributed by atoms with Crippen molar-refractivity contribution in [2.45, 2.75) is 19.0 Å². The third kappa shape index (κ3) is 6.12. The molecule has 0 aliphatic rings. The molecule has 1 aromatic carbocycles. The van der Waals surface area contributed by atoms with Crippen LogP contribution >= 0.6 is 0 Å². The van der Waals surface area contributed by atoms with Crippen LogP contribution in [0.5, 0.6) is 0 Å². The van der Waals surface area contributed by atoms with E-state index in [0.717, 1.165) is 11.1 Å². The Morgan fingerprint density at radius 3 is 2.26 bits per heavy atom. The van der Waals surface area contributed by atoms with Crippen molar-refractivity contribution >= 4 is 5.96 Å². The Kier molecular flexibility index (Phi) is 5.65. The summed E-state index contributed by atoms with van der Waals surface area (Å²) in [7, 11) is 0. The molecule has 0 heterocycles. The lowest BCUT2D eigenvalue weighted by Crippen LogP contribution is -2.36. The van der Waals surface area contributed by atoms with Crippen LogP contribution in [0.15, 0.2) is 29.3 Å². The molecule has 5 nitrogen and oxygen atoms in total. The fraction of sp³-hybridized carbons (Fsp3) is 0.417. The standard InChI is InChI=1S/C12H19F2N5/c13-12(14,8-19-11(16)17)7-18-6-10-3-1-9(5-15)2-4-10/h1-4,18H,5-8,15H2,(H4,16,17,19). The van der Waals surface area contributed by atoms with Crippen LogP contribution in [0.2, 0.25) is 0 Å². The molecule has 1 rings (SSSR count). The van der Waals surface area contributed by atoms with Crippen LogP contribution in [0, 0.1) is 0 Å². The summed E-state index contributed by atoms with van der Waals surface area (Å²) >= 11 is 0. The predicted molar refractivity (Wildman–Crippen MR) is 71.7 cm³/mol. The molecular weight excluding hydrogens is 252 g/mol. The molecule has 0 saturated carbocycles. The second kappa shape index (κ2) is 7.01. The van der Waals surface area contributed by atoms with Crippen molar-refractivity contribution < 1.29 is 8.78 Å². The van der Waals surface area contributed by atoms with E-state index in [9.17, 15) is 8.78 Å². The highest BCUT2D eigenvalue weighted by atomic mass is 19.3. The molecule has 0 aliphatic heterocycles. The van der Waals surface area contributed by atoms with E-state index in [2.05, 4.69) is 10.3 Å². The van der Waals surface area contributed by atoms with Gasteiger partial charge >= 0.3 is 0 Å². The van der Waals surface area contributed by atoms with Crippen LogP contribution in [0.4, 0.5) is 8.78 Å². The van der Waals surface area contributed by atoms with Crippen LogP contribution in [-0.2, 0) is 13.1 Å². The van der Waals surface area contributed by atoms with Gasteiger partial charge in [0.1, 0.15) is 6.54 Å². The van der Waals surface area contributed by atoms with Gasteiger partial charge < -0.3 is 22.5 Å². The molecule has 0 aromatic heterocycles. The molecular formula is C12H19F2N5. The summed E-state index contributed by atoms with van der Waals surface area (Å²) in [6.45, 7) is -0.385. The lowest BCUT2D eigenvalue weighted by Gasteiger charge is -2.15. The summed E-state index contributed by atoms with van der Waals surface area (Å²) in [6, 6.07) is 7.44. The van der Waals surface area contributed by atoms with Crippen molar-refractivity contribution in [2.75, 3.05) is 13.1 Å². The number of guanidine groups is 1. The van der Waals surface area contributed by atoms with E-state index in [0.29, 0.717) is 13.1 Å². The van der Waals surface area contributed by atoms with Crippen LogP contribution in [0.3, 0.4) is 0 Å². The molecule has 0 fully saturated rings. The molecule has 7 heteroatoms. The number of hydrogen-bond donors (Lipinski definition) is 4. The number of alkyl halides is 2. The molecule has 0 aliphatic carbocycles. The maximum Gasteiger partial charge on any atom is 0.279 e. The lowest BCUT2D eigenvalue weighted by molar-refractivity contribution is 0.0120. The average molecular weight is 271 g/mol. The zero-order chi connectivity index (χ0) is 14.3. The van der Waals surface area contributed by atoms with Gasteiger partial charge in [-0.05, 0) is 11.1 Å². The molecule has 7 N–H and O–H groups in total. The third-order valence-electron chi connectivity index (χ3n) is 2.46. The average Bonchev–Trinajstić information content (AvgIpc) is 2.37. The van der Waals surface area contributed by atoms with Crippen LogP contribution in [0.25, 0.3) is 0 Å². The zero-order valence-corrected chi connectivity index (χ0v) is 10.6. The second-order valence-corrected chi connectivity index (χ2v) is 4.22. The minimum atomic E-state index is -2.97. The summed E-state index contributed by atoms with van der Waals surface area (Å²) in [4.78, 5) is 3.31. The van der Waals surface area contributed by atoms with Gasteiger partial charge in [0.15, 0.2) is 5.96 Å². The van der Waals surface area contributed by atoms with E-state index in [1.54, 1.807) is 0 Å². The quantitative estimate of drug-likeness (QED) is 0.418. The number of nitrogens with two attached hydrogens (primary N) is 3. The minimum absolute atomic E-state index is 0.336. The Labute approximate surface area is 110 Å². The maximum absolute atomic E-state index is 13.3. The number of rotatable bonds is 7. The first-order chi connectivity index (χ1) is 8.93. The van der Waals surface area contributed by atoms with Crippen LogP contribution in [0.1, 0.15) is 11.1 Å². The molecule has 0 atom stereocenters. The fourth-order valence-electron chi connectivity index (χ4n) is 1.45. The van der Waals surface area contributed by atoms with E-state index in [4.69, 9.17) is 17.2 Å². The first-order valence-electron chi connectivity index (χ1n) is 5.85. The molecule has 0 amide bonds. The molecule has 19 heavy (non-hydrogen) atoms. The second-order valence-electron chi connectivity index (χ2n) is 4.22. The van der Waals surface area contributed by atoms with Gasteiger partial charge in [0.2, 0.25) is 0 Å². The number of nitrogens with one attached hydrogen (secondary N) is 1. The van der Waals surface area contributed by atoms with E-state index in [1.165, 1.54) is 0 Å². The Balaban J connectivity index is 2.38. The molecule has 0 saturated heterocycles. The Hall–Kier alpha value is -1.73. The zero-order valence-electron chi connectivity index (χ0n) is 10.6. The first-order valence-corrected chi connectivity index (χ1v) is 5.85. The number of halogens is 2. The summed E-state index contributed by atoms with van der Waals surface area (Å²) in [5, 5.41) is 2.67. The SMILES string of the molecule is NCc1ccc(CNCC(F)(F)CN=C(N)N)cc1. The molecule has 0 radical (unpaired) electrons. The first kappa shape index (κ1) is 15.3. The van der Waals surface area contributed by atoms with Crippen molar-refractivity contribution in [3.63, 3.8) is 0 Å². The highest BCUT2D eigenvalue weighted by Crippen LogP contribution is 2.12. The molecule has 0 spiro atoms. The van der Waals surface area contributed by atoms with Crippen LogP contribution < -0.4 is 22.5 Å². The van der Waals surface area contributed by atoms with Crippen molar-refractivity contribution in [3.05, 3.63) is 35.4 Å². The van der Waals surface area contributed by atoms with Gasteiger partial charge in [-0.15, -0.1) is 0 Å². The smallest absolute Gasteiger partial charge is 0.279 e. The van der Waals surface area contributed by atoms with Crippen LogP contribution in [-0.4, -0.2) is 25.0 Å². The summed E-state index contributed by atoms with van der Waals surface area (Å²) < 4.78 is 26.6. The molecule has 0 unspecified atom stereocenters. The van der Waals surface area contributed by atoms with Crippen molar-refractivity contribution in [3.8, 4) is 0 Å². The van der Waals surface area contributed by atoms with Gasteiger partial charge in [0, 0.05) is 13.1 Å². The van der Waals surface area contributed by atoms with Gasteiger partial charge in [0.25, 0.3) is 5.92 Å². The Bertz CT molecular complexity index is 413. The Morgan fingerprint density at radius 1 is 1.16 bits per heavy atom. The number of hydrogen-bond acceptors (Lipinski definition) is 3. The highest BCUT2D eigenvalue weighted by molar-refractivity contribution is 5.75. The fourth-order valence-corrected chi connectivity index (χ4v) is 1.45. The van der Waals surface area contributed by atoms with E-state index >= 15 is 0 Å². The van der Waals surface area contributed by atoms with E-state index < -0.39 is 19.0 Å². The number of aliphatic imine (C=N–C) groups is 1. The van der Waals surface area contributed by atoms with Crippen molar-refractivity contribution in [1.82, 2.24) is 5.32 Å². The van der Waals surface area contributed by atoms with E-state index in [-0.39, 0.29) is 5.96 Å². The maximum atomic E-state index is 13.3. The summed E-state index contributed by atoms with van der Waals surface area (Å²) in [6.07, 6.45) is 0. The largest absolute Gasteiger partial charge is 0.370 e. The van der Waals surface area contributed by atoms with Gasteiger partial charge in [-0.2, -0.15) is 0 Å². The highest BCUT2D eigenvalue weighted by Gasteiger charge is 2.27. The van der Waals surface area contributed by atoms with Crippen molar-refractivity contribution in [1.29, 1.82) is 0 Å². The summed E-state index contributed by atoms with van der Waals surface area (Å²) in [5.41, 5.74) is 17.4. The Morgan fingerprint density at radius 2 is 1.74 bits per heavy atom. The molecule has 0 bridgehead atoms. The minimum Gasteiger partial charge on any atom is -0.370 e. The van der Waals surface area contributed by atoms with Gasteiger partial charge in [-0.1, -0.05) is 24.3 Å². The topological polar surface area (TPSA) is 102 Å². The lowest BCUT2D eigenvalue weighted by atomic mass is 10.1. The number of nitrogens with zero attached hydrogens (tertiary/aromatic N) is 1. The normalized spacial score (nSPS) is 11.3. The monoisotopic (exact) mass is 271 g/mol. The predicted octanol–water partition coefficient (Wildman–Crippen LogP) is 0.144. The molecule has 1 aromatic rings. The van der Waals surface area contributed by atoms with Gasteiger partial charge in [-0.3, -0.25) is 0 Å². The van der Waals surface area contributed by atoms with Gasteiger partial charge in [-0.25, -0.2) is 13.8 Å².